The molecule has 0 fully saturated rings. The molecule has 0 bridgehead atoms. The summed E-state index contributed by atoms with van der Waals surface area (Å²) in [5.74, 6) is 0. The maximum Gasteiger partial charge on any atom is 0.0640 e. The summed E-state index contributed by atoms with van der Waals surface area (Å²) >= 11 is 0. The Kier molecular flexibility index (Phi) is 5.30. The van der Waals surface area contributed by atoms with Crippen molar-refractivity contribution in [2.24, 2.45) is 5.73 Å². The largest absolute Gasteiger partial charge is 0.366 e. The fourth-order valence-electron chi connectivity index (χ4n) is 2.34. The number of anilines is 1. The van der Waals surface area contributed by atoms with Crippen LogP contribution in [-0.2, 0) is 6.54 Å². The molecule has 0 saturated heterocycles. The fourth-order valence-corrected chi connectivity index (χ4v) is 2.34. The minimum Gasteiger partial charge on any atom is -0.366 e. The van der Waals surface area contributed by atoms with Crippen molar-refractivity contribution in [3.63, 3.8) is 0 Å². The molecule has 0 aliphatic heterocycles. The lowest BCUT2D eigenvalue weighted by Gasteiger charge is -2.27. The van der Waals surface area contributed by atoms with Gasteiger partial charge in [-0.3, -0.25) is 4.98 Å². The van der Waals surface area contributed by atoms with Gasteiger partial charge in [-0.15, -0.1) is 0 Å². The minimum absolute atomic E-state index is 0.0420. The SMILES string of the molecule is CC(N)c1ccccc1N(CCC#N)Cc1cccnc1. The molecule has 2 N–H and O–H groups in total. The maximum atomic E-state index is 8.89. The summed E-state index contributed by atoms with van der Waals surface area (Å²) in [5, 5.41) is 8.89. The van der Waals surface area contributed by atoms with E-state index < -0.39 is 0 Å². The maximum absolute atomic E-state index is 8.89. The monoisotopic (exact) mass is 280 g/mol. The van der Waals surface area contributed by atoms with Gasteiger partial charge in [0.2, 0.25) is 0 Å². The standard InChI is InChI=1S/C17H20N4/c1-14(19)16-7-2-3-8-17(16)21(11-5-9-18)13-15-6-4-10-20-12-15/h2-4,6-8,10,12,14H,5,11,13,19H2,1H3. The molecule has 0 spiro atoms. The molecule has 0 saturated carbocycles. The summed E-state index contributed by atoms with van der Waals surface area (Å²) in [5.41, 5.74) is 9.38. The Hall–Kier alpha value is -2.38. The van der Waals surface area contributed by atoms with Gasteiger partial charge in [-0.05, 0) is 30.2 Å². The molecule has 1 atom stereocenters. The normalized spacial score (nSPS) is 11.7. The van der Waals surface area contributed by atoms with Crippen LogP contribution < -0.4 is 10.6 Å². The van der Waals surface area contributed by atoms with E-state index in [0.29, 0.717) is 13.0 Å². The Morgan fingerprint density at radius 2 is 2.10 bits per heavy atom. The molecular weight excluding hydrogens is 260 g/mol. The van der Waals surface area contributed by atoms with E-state index in [1.165, 1.54) is 0 Å². The van der Waals surface area contributed by atoms with Gasteiger partial charge in [0.15, 0.2) is 0 Å². The van der Waals surface area contributed by atoms with E-state index in [-0.39, 0.29) is 6.04 Å². The average Bonchev–Trinajstić information content (AvgIpc) is 2.52. The molecule has 4 nitrogen and oxygen atoms in total. The van der Waals surface area contributed by atoms with Gasteiger partial charge >= 0.3 is 0 Å². The molecule has 0 aliphatic carbocycles. The Labute approximate surface area is 125 Å². The molecule has 0 amide bonds. The molecule has 21 heavy (non-hydrogen) atoms. The van der Waals surface area contributed by atoms with Crippen molar-refractivity contribution < 1.29 is 0 Å². The molecule has 1 unspecified atom stereocenters. The van der Waals surface area contributed by atoms with Gasteiger partial charge in [0.25, 0.3) is 0 Å². The summed E-state index contributed by atoms with van der Waals surface area (Å²) in [6.45, 7) is 3.37. The van der Waals surface area contributed by atoms with Gasteiger partial charge in [0, 0.05) is 37.2 Å². The van der Waals surface area contributed by atoms with E-state index in [4.69, 9.17) is 11.0 Å². The first-order valence-electron chi connectivity index (χ1n) is 7.07. The van der Waals surface area contributed by atoms with E-state index in [0.717, 1.165) is 23.4 Å². The highest BCUT2D eigenvalue weighted by atomic mass is 15.1. The third-order valence-corrected chi connectivity index (χ3v) is 3.36. The van der Waals surface area contributed by atoms with Crippen molar-refractivity contribution in [3.05, 3.63) is 59.9 Å². The summed E-state index contributed by atoms with van der Waals surface area (Å²) in [6.07, 6.45) is 4.10. The summed E-state index contributed by atoms with van der Waals surface area (Å²) in [6, 6.07) is 14.2. The summed E-state index contributed by atoms with van der Waals surface area (Å²) in [7, 11) is 0. The second kappa shape index (κ2) is 7.41. The number of nitrogens with zero attached hydrogens (tertiary/aromatic N) is 3. The predicted octanol–water partition coefficient (Wildman–Crippen LogP) is 3.02. The number of hydrogen-bond donors (Lipinski definition) is 1. The van der Waals surface area contributed by atoms with Crippen LogP contribution in [0.1, 0.15) is 30.5 Å². The molecule has 0 radical (unpaired) electrons. The zero-order valence-corrected chi connectivity index (χ0v) is 12.2. The Balaban J connectivity index is 2.30. The zero-order valence-electron chi connectivity index (χ0n) is 12.2. The van der Waals surface area contributed by atoms with Crippen LogP contribution in [0.15, 0.2) is 48.8 Å². The molecule has 108 valence electrons. The van der Waals surface area contributed by atoms with Crippen LogP contribution in [0.25, 0.3) is 0 Å². The molecule has 2 aromatic rings. The first-order chi connectivity index (χ1) is 10.2. The number of rotatable bonds is 6. The van der Waals surface area contributed by atoms with Crippen molar-refractivity contribution in [1.82, 2.24) is 4.98 Å². The fraction of sp³-hybridized carbons (Fsp3) is 0.294. The van der Waals surface area contributed by atoms with Gasteiger partial charge in [-0.25, -0.2) is 0 Å². The number of aromatic nitrogens is 1. The Morgan fingerprint density at radius 3 is 2.76 bits per heavy atom. The molecule has 1 aromatic heterocycles. The molecule has 4 heteroatoms. The van der Waals surface area contributed by atoms with Crippen molar-refractivity contribution >= 4 is 5.69 Å². The van der Waals surface area contributed by atoms with Crippen LogP contribution in [0.4, 0.5) is 5.69 Å². The lowest BCUT2D eigenvalue weighted by molar-refractivity contribution is 0.760. The number of benzene rings is 1. The Morgan fingerprint density at radius 1 is 1.29 bits per heavy atom. The van der Waals surface area contributed by atoms with Gasteiger partial charge in [-0.1, -0.05) is 24.3 Å². The predicted molar refractivity (Wildman–Crippen MR) is 84.6 cm³/mol. The molecular formula is C17H20N4. The van der Waals surface area contributed by atoms with Crippen LogP contribution in [0, 0.1) is 11.3 Å². The highest BCUT2D eigenvalue weighted by Crippen LogP contribution is 2.26. The van der Waals surface area contributed by atoms with Crippen molar-refractivity contribution in [2.45, 2.75) is 25.9 Å². The third kappa shape index (κ3) is 4.04. The number of hydrogen-bond acceptors (Lipinski definition) is 4. The lowest BCUT2D eigenvalue weighted by Crippen LogP contribution is -2.26. The number of para-hydroxylation sites is 1. The number of pyridine rings is 1. The average molecular weight is 280 g/mol. The molecule has 1 aromatic carbocycles. The minimum atomic E-state index is -0.0420. The smallest absolute Gasteiger partial charge is 0.0640 e. The van der Waals surface area contributed by atoms with Gasteiger partial charge in [0.1, 0.15) is 0 Å². The number of nitriles is 1. The third-order valence-electron chi connectivity index (χ3n) is 3.36. The van der Waals surface area contributed by atoms with Crippen LogP contribution in [0.3, 0.4) is 0 Å². The highest BCUT2D eigenvalue weighted by molar-refractivity contribution is 5.55. The highest BCUT2D eigenvalue weighted by Gasteiger charge is 2.13. The second-order valence-electron chi connectivity index (χ2n) is 5.04. The van der Waals surface area contributed by atoms with Crippen LogP contribution >= 0.6 is 0 Å². The Bertz CT molecular complexity index is 602. The van der Waals surface area contributed by atoms with Crippen molar-refractivity contribution in [1.29, 1.82) is 5.26 Å². The van der Waals surface area contributed by atoms with Crippen molar-refractivity contribution in [3.8, 4) is 6.07 Å². The van der Waals surface area contributed by atoms with Gasteiger partial charge < -0.3 is 10.6 Å². The first kappa shape index (κ1) is 15.0. The van der Waals surface area contributed by atoms with E-state index >= 15 is 0 Å². The number of nitrogens with two attached hydrogens (primary N) is 1. The second-order valence-corrected chi connectivity index (χ2v) is 5.04. The van der Waals surface area contributed by atoms with Gasteiger partial charge in [-0.2, -0.15) is 5.26 Å². The zero-order chi connectivity index (χ0) is 15.1. The quantitative estimate of drug-likeness (QED) is 0.883. The van der Waals surface area contributed by atoms with Crippen LogP contribution in [0.2, 0.25) is 0 Å². The molecule has 1 heterocycles. The topological polar surface area (TPSA) is 65.9 Å². The van der Waals surface area contributed by atoms with E-state index in [2.05, 4.69) is 22.0 Å². The van der Waals surface area contributed by atoms with E-state index in [1.807, 2.05) is 43.5 Å². The first-order valence-corrected chi connectivity index (χ1v) is 7.07. The van der Waals surface area contributed by atoms with Crippen LogP contribution in [-0.4, -0.2) is 11.5 Å². The summed E-state index contributed by atoms with van der Waals surface area (Å²) < 4.78 is 0. The summed E-state index contributed by atoms with van der Waals surface area (Å²) in [4.78, 5) is 6.35. The van der Waals surface area contributed by atoms with Gasteiger partial charge in [0.05, 0.1) is 12.5 Å². The molecule has 0 aliphatic rings. The molecule has 2 rings (SSSR count). The lowest BCUT2D eigenvalue weighted by atomic mass is 10.1. The van der Waals surface area contributed by atoms with E-state index in [1.54, 1.807) is 6.20 Å². The van der Waals surface area contributed by atoms with Crippen LogP contribution in [0.5, 0.6) is 0 Å². The van der Waals surface area contributed by atoms with Crippen molar-refractivity contribution in [2.75, 3.05) is 11.4 Å². The van der Waals surface area contributed by atoms with E-state index in [9.17, 15) is 0 Å².